The van der Waals surface area contributed by atoms with Gasteiger partial charge in [0.05, 0.1) is 22.6 Å². The number of sulfonamides is 1. The topological polar surface area (TPSA) is 88.4 Å². The van der Waals surface area contributed by atoms with Gasteiger partial charge in [0, 0.05) is 28.9 Å². The molecule has 6 nitrogen and oxygen atoms in total. The standard InChI is InChI=1S/C17H20N2O4S3/c1-12-10-25-16-5-4-14(9-15(16)19-17(12)20)26(21,22)18-6-8-24-11-13-3-2-7-23-13/h2-5,7,9,12,18H,6,8,10-11H2,1H3,(H,19,20)/t12-/m0/s1. The van der Waals surface area contributed by atoms with Crippen molar-refractivity contribution in [1.82, 2.24) is 4.72 Å². The number of carbonyl (C=O) groups is 1. The lowest BCUT2D eigenvalue weighted by atomic mass is 10.2. The second-order valence-electron chi connectivity index (χ2n) is 5.89. The van der Waals surface area contributed by atoms with Crippen molar-refractivity contribution >= 4 is 45.1 Å². The van der Waals surface area contributed by atoms with E-state index in [2.05, 4.69) is 10.0 Å². The zero-order valence-electron chi connectivity index (χ0n) is 14.2. The van der Waals surface area contributed by atoms with Crippen molar-refractivity contribution in [2.24, 2.45) is 5.92 Å². The van der Waals surface area contributed by atoms with Gasteiger partial charge in [-0.25, -0.2) is 13.1 Å². The molecule has 0 spiro atoms. The molecule has 2 N–H and O–H groups in total. The van der Waals surface area contributed by atoms with E-state index in [1.54, 1.807) is 41.9 Å². The molecule has 1 aromatic carbocycles. The van der Waals surface area contributed by atoms with Crippen molar-refractivity contribution in [2.75, 3.05) is 23.4 Å². The summed E-state index contributed by atoms with van der Waals surface area (Å²) in [5.41, 5.74) is 0.555. The Labute approximate surface area is 161 Å². The van der Waals surface area contributed by atoms with Crippen LogP contribution in [0.3, 0.4) is 0 Å². The van der Waals surface area contributed by atoms with Gasteiger partial charge in [-0.15, -0.1) is 11.8 Å². The largest absolute Gasteiger partial charge is 0.468 e. The number of hydrogen-bond acceptors (Lipinski definition) is 6. The normalized spacial score (nSPS) is 17.4. The second kappa shape index (κ2) is 8.51. The Kier molecular flexibility index (Phi) is 6.33. The summed E-state index contributed by atoms with van der Waals surface area (Å²) in [7, 11) is -3.62. The molecule has 1 atom stereocenters. The van der Waals surface area contributed by atoms with E-state index in [0.717, 1.165) is 10.7 Å². The Morgan fingerprint density at radius 3 is 3.00 bits per heavy atom. The van der Waals surface area contributed by atoms with Crippen molar-refractivity contribution < 1.29 is 17.6 Å². The minimum absolute atomic E-state index is 0.0897. The van der Waals surface area contributed by atoms with E-state index in [1.165, 1.54) is 6.07 Å². The molecule has 9 heteroatoms. The molecular formula is C17H20N2O4S3. The summed E-state index contributed by atoms with van der Waals surface area (Å²) in [5, 5.41) is 2.81. The Morgan fingerprint density at radius 1 is 1.38 bits per heavy atom. The van der Waals surface area contributed by atoms with E-state index in [-0.39, 0.29) is 16.7 Å². The third-order valence-electron chi connectivity index (χ3n) is 3.82. The summed E-state index contributed by atoms with van der Waals surface area (Å²) in [6.07, 6.45) is 1.62. The molecule has 1 aliphatic rings. The molecule has 2 aromatic rings. The first kappa shape index (κ1) is 19.3. The summed E-state index contributed by atoms with van der Waals surface area (Å²) >= 11 is 3.15. The molecule has 1 aromatic heterocycles. The van der Waals surface area contributed by atoms with Gasteiger partial charge in [0.25, 0.3) is 0 Å². The first-order chi connectivity index (χ1) is 12.5. The van der Waals surface area contributed by atoms with Crippen molar-refractivity contribution in [2.45, 2.75) is 22.5 Å². The number of rotatable bonds is 7. The average molecular weight is 413 g/mol. The van der Waals surface area contributed by atoms with Crippen molar-refractivity contribution in [3.8, 4) is 0 Å². The van der Waals surface area contributed by atoms with E-state index in [0.29, 0.717) is 29.5 Å². The van der Waals surface area contributed by atoms with Crippen LogP contribution in [0.15, 0.2) is 50.8 Å². The molecule has 1 amide bonds. The molecule has 0 saturated heterocycles. The maximum absolute atomic E-state index is 12.5. The van der Waals surface area contributed by atoms with Crippen LogP contribution in [-0.2, 0) is 20.6 Å². The van der Waals surface area contributed by atoms with Crippen LogP contribution in [-0.4, -0.2) is 32.4 Å². The Hall–Kier alpha value is -1.42. The van der Waals surface area contributed by atoms with Gasteiger partial charge in [0.15, 0.2) is 0 Å². The lowest BCUT2D eigenvalue weighted by Crippen LogP contribution is -2.26. The summed E-state index contributed by atoms with van der Waals surface area (Å²) < 4.78 is 32.8. The highest BCUT2D eigenvalue weighted by molar-refractivity contribution is 7.99. The van der Waals surface area contributed by atoms with Crippen LogP contribution in [0.2, 0.25) is 0 Å². The highest BCUT2D eigenvalue weighted by atomic mass is 32.2. The van der Waals surface area contributed by atoms with Gasteiger partial charge >= 0.3 is 0 Å². The van der Waals surface area contributed by atoms with Gasteiger partial charge in [-0.3, -0.25) is 4.79 Å². The Morgan fingerprint density at radius 2 is 2.23 bits per heavy atom. The van der Waals surface area contributed by atoms with Crippen LogP contribution in [0.5, 0.6) is 0 Å². The summed E-state index contributed by atoms with van der Waals surface area (Å²) in [6.45, 7) is 2.18. The fourth-order valence-corrected chi connectivity index (χ4v) is 5.30. The molecule has 2 heterocycles. The zero-order chi connectivity index (χ0) is 18.6. The van der Waals surface area contributed by atoms with Crippen LogP contribution in [0.4, 0.5) is 5.69 Å². The van der Waals surface area contributed by atoms with Crippen LogP contribution in [0.1, 0.15) is 12.7 Å². The molecule has 140 valence electrons. The second-order valence-corrected chi connectivity index (χ2v) is 9.82. The van der Waals surface area contributed by atoms with Crippen LogP contribution >= 0.6 is 23.5 Å². The van der Waals surface area contributed by atoms with E-state index in [9.17, 15) is 13.2 Å². The number of thioether (sulfide) groups is 2. The minimum Gasteiger partial charge on any atom is -0.468 e. The van der Waals surface area contributed by atoms with Crippen LogP contribution < -0.4 is 10.0 Å². The molecule has 3 rings (SSSR count). The maximum atomic E-state index is 12.5. The SMILES string of the molecule is C[C@H]1CSc2ccc(S(=O)(=O)NCCSCc3ccco3)cc2NC1=O. The van der Waals surface area contributed by atoms with Crippen LogP contribution in [0.25, 0.3) is 0 Å². The number of benzene rings is 1. The fourth-order valence-electron chi connectivity index (χ4n) is 2.35. The number of anilines is 1. The summed E-state index contributed by atoms with van der Waals surface area (Å²) in [4.78, 5) is 13.0. The molecule has 0 aliphatic carbocycles. The first-order valence-electron chi connectivity index (χ1n) is 8.13. The summed E-state index contributed by atoms with van der Waals surface area (Å²) in [5.74, 6) is 2.68. The molecule has 26 heavy (non-hydrogen) atoms. The Bertz CT molecular complexity index is 866. The zero-order valence-corrected chi connectivity index (χ0v) is 16.7. The monoisotopic (exact) mass is 412 g/mol. The molecular weight excluding hydrogens is 392 g/mol. The van der Waals surface area contributed by atoms with Gasteiger partial charge in [0.2, 0.25) is 15.9 Å². The highest BCUT2D eigenvalue weighted by Crippen LogP contribution is 2.34. The number of amides is 1. The van der Waals surface area contributed by atoms with Gasteiger partial charge in [-0.05, 0) is 30.3 Å². The third-order valence-corrected chi connectivity index (χ3v) is 7.59. The van der Waals surface area contributed by atoms with Crippen molar-refractivity contribution in [3.05, 3.63) is 42.4 Å². The van der Waals surface area contributed by atoms with Gasteiger partial charge in [0.1, 0.15) is 5.76 Å². The van der Waals surface area contributed by atoms with Gasteiger partial charge < -0.3 is 9.73 Å². The molecule has 0 radical (unpaired) electrons. The van der Waals surface area contributed by atoms with Crippen molar-refractivity contribution in [1.29, 1.82) is 0 Å². The number of nitrogens with one attached hydrogen (secondary N) is 2. The minimum atomic E-state index is -3.62. The molecule has 0 unspecified atom stereocenters. The van der Waals surface area contributed by atoms with Crippen molar-refractivity contribution in [3.63, 3.8) is 0 Å². The average Bonchev–Trinajstić information content (AvgIpc) is 3.08. The lowest BCUT2D eigenvalue weighted by molar-refractivity contribution is -0.118. The predicted octanol–water partition coefficient (Wildman–Crippen LogP) is 3.17. The van der Waals surface area contributed by atoms with E-state index < -0.39 is 10.0 Å². The smallest absolute Gasteiger partial charge is 0.240 e. The van der Waals surface area contributed by atoms with E-state index >= 15 is 0 Å². The van der Waals surface area contributed by atoms with E-state index in [1.807, 2.05) is 19.1 Å². The predicted molar refractivity (Wildman–Crippen MR) is 105 cm³/mol. The fraction of sp³-hybridized carbons (Fsp3) is 0.353. The summed E-state index contributed by atoms with van der Waals surface area (Å²) in [6, 6.07) is 8.57. The van der Waals surface area contributed by atoms with Crippen LogP contribution in [0, 0.1) is 5.92 Å². The number of fused-ring (bicyclic) bond motifs is 1. The molecule has 1 aliphatic heterocycles. The maximum Gasteiger partial charge on any atom is 0.240 e. The number of hydrogen-bond donors (Lipinski definition) is 2. The quantitative estimate of drug-likeness (QED) is 0.679. The number of carbonyl (C=O) groups excluding carboxylic acids is 1. The first-order valence-corrected chi connectivity index (χ1v) is 11.8. The number of furan rings is 1. The van der Waals surface area contributed by atoms with Gasteiger partial charge in [-0.1, -0.05) is 6.92 Å². The van der Waals surface area contributed by atoms with Gasteiger partial charge in [-0.2, -0.15) is 11.8 Å². The molecule has 0 bridgehead atoms. The lowest BCUT2D eigenvalue weighted by Gasteiger charge is -2.11. The highest BCUT2D eigenvalue weighted by Gasteiger charge is 2.22. The molecule has 0 saturated carbocycles. The van der Waals surface area contributed by atoms with E-state index in [4.69, 9.17) is 4.42 Å². The molecule has 0 fully saturated rings. The third kappa shape index (κ3) is 4.85. The Balaban J connectivity index is 1.59.